The highest BCUT2D eigenvalue weighted by Gasteiger charge is 2.36. The molecule has 1 unspecified atom stereocenters. The van der Waals surface area contributed by atoms with E-state index in [-0.39, 0.29) is 0 Å². The normalized spacial score (nSPS) is 18.9. The molecule has 1 fully saturated rings. The van der Waals surface area contributed by atoms with E-state index in [4.69, 9.17) is 4.74 Å². The van der Waals surface area contributed by atoms with Crippen LogP contribution in [0.3, 0.4) is 0 Å². The largest absolute Gasteiger partial charge is 0.497 e. The van der Waals surface area contributed by atoms with Crippen molar-refractivity contribution in [2.75, 3.05) is 13.7 Å². The van der Waals surface area contributed by atoms with Gasteiger partial charge >= 0.3 is 0 Å². The lowest BCUT2D eigenvalue weighted by atomic mass is 9.77. The van der Waals surface area contributed by atoms with Crippen LogP contribution in [-0.4, -0.2) is 19.7 Å². The van der Waals surface area contributed by atoms with Gasteiger partial charge in [-0.25, -0.2) is 0 Å². The molecule has 0 spiro atoms. The predicted molar refractivity (Wildman–Crippen MR) is 85.4 cm³/mol. The van der Waals surface area contributed by atoms with Crippen LogP contribution >= 0.6 is 0 Å². The zero-order valence-electron chi connectivity index (χ0n) is 13.2. The van der Waals surface area contributed by atoms with E-state index >= 15 is 0 Å². The van der Waals surface area contributed by atoms with Crippen molar-refractivity contribution < 1.29 is 4.74 Å². The molecule has 0 amide bonds. The van der Waals surface area contributed by atoms with Gasteiger partial charge in [0.2, 0.25) is 0 Å². The van der Waals surface area contributed by atoms with Crippen molar-refractivity contribution in [2.45, 2.75) is 58.4 Å². The lowest BCUT2D eigenvalue weighted by molar-refractivity contribution is 0.219. The minimum Gasteiger partial charge on any atom is -0.497 e. The molecule has 1 aromatic carbocycles. The molecule has 0 aliphatic heterocycles. The first-order chi connectivity index (χ1) is 9.68. The average Bonchev–Trinajstić information content (AvgIpc) is 2.91. The zero-order chi connectivity index (χ0) is 14.4. The van der Waals surface area contributed by atoms with E-state index in [1.54, 1.807) is 7.11 Å². The number of hydrogen-bond acceptors (Lipinski definition) is 2. The molecule has 2 nitrogen and oxygen atoms in total. The minimum absolute atomic E-state index is 0.457. The molecule has 1 saturated carbocycles. The summed E-state index contributed by atoms with van der Waals surface area (Å²) in [7, 11) is 1.74. The van der Waals surface area contributed by atoms with Gasteiger partial charge in [0.1, 0.15) is 5.75 Å². The van der Waals surface area contributed by atoms with Gasteiger partial charge in [-0.05, 0) is 55.3 Å². The van der Waals surface area contributed by atoms with Crippen LogP contribution in [0.2, 0.25) is 0 Å². The smallest absolute Gasteiger partial charge is 0.119 e. The SMILES string of the molecule is CCCNC(Cc1cccc(OC)c1)C1(C)CCCC1. The molecule has 2 heteroatoms. The zero-order valence-corrected chi connectivity index (χ0v) is 13.2. The Morgan fingerprint density at radius 3 is 2.70 bits per heavy atom. The Bertz CT molecular complexity index is 410. The number of methoxy groups -OCH3 is 1. The number of ether oxygens (including phenoxy) is 1. The Balaban J connectivity index is 2.10. The number of hydrogen-bond donors (Lipinski definition) is 1. The van der Waals surface area contributed by atoms with E-state index in [2.05, 4.69) is 37.4 Å². The second kappa shape index (κ2) is 7.12. The summed E-state index contributed by atoms with van der Waals surface area (Å²) in [4.78, 5) is 0. The highest BCUT2D eigenvalue weighted by Crippen LogP contribution is 2.41. The lowest BCUT2D eigenvalue weighted by Gasteiger charge is -2.35. The fraction of sp³-hybridized carbons (Fsp3) is 0.667. The molecule has 2 rings (SSSR count). The molecular formula is C18H29NO. The Morgan fingerprint density at radius 2 is 2.05 bits per heavy atom. The van der Waals surface area contributed by atoms with Crippen LogP contribution in [0.1, 0.15) is 51.5 Å². The highest BCUT2D eigenvalue weighted by atomic mass is 16.5. The van der Waals surface area contributed by atoms with Gasteiger partial charge in [0.25, 0.3) is 0 Å². The number of nitrogens with one attached hydrogen (secondary N) is 1. The van der Waals surface area contributed by atoms with Crippen molar-refractivity contribution >= 4 is 0 Å². The van der Waals surface area contributed by atoms with Crippen LogP contribution in [0.15, 0.2) is 24.3 Å². The molecule has 20 heavy (non-hydrogen) atoms. The molecule has 0 heterocycles. The lowest BCUT2D eigenvalue weighted by Crippen LogP contribution is -2.44. The second-order valence-corrected chi connectivity index (χ2v) is 6.42. The maximum Gasteiger partial charge on any atom is 0.119 e. The average molecular weight is 275 g/mol. The van der Waals surface area contributed by atoms with Gasteiger partial charge in [-0.3, -0.25) is 0 Å². The number of rotatable bonds is 7. The van der Waals surface area contributed by atoms with Crippen molar-refractivity contribution in [1.82, 2.24) is 5.32 Å². The first-order valence-corrected chi connectivity index (χ1v) is 8.04. The summed E-state index contributed by atoms with van der Waals surface area (Å²) < 4.78 is 5.35. The molecule has 1 N–H and O–H groups in total. The third-order valence-electron chi connectivity index (χ3n) is 4.80. The molecule has 0 saturated heterocycles. The molecule has 1 aliphatic carbocycles. The van der Waals surface area contributed by atoms with Gasteiger partial charge in [0.05, 0.1) is 7.11 Å². The van der Waals surface area contributed by atoms with Crippen molar-refractivity contribution in [3.63, 3.8) is 0 Å². The van der Waals surface area contributed by atoms with Gasteiger partial charge in [-0.15, -0.1) is 0 Å². The standard InChI is InChI=1S/C18H29NO/c1-4-12-19-17(18(2)10-5-6-11-18)14-15-8-7-9-16(13-15)20-3/h7-9,13,17,19H,4-6,10-12,14H2,1-3H3. The predicted octanol–water partition coefficient (Wildman–Crippen LogP) is 4.19. The fourth-order valence-corrected chi connectivity index (χ4v) is 3.45. The fourth-order valence-electron chi connectivity index (χ4n) is 3.45. The maximum absolute atomic E-state index is 5.35. The summed E-state index contributed by atoms with van der Waals surface area (Å²) >= 11 is 0. The Kier molecular flexibility index (Phi) is 5.47. The summed E-state index contributed by atoms with van der Waals surface area (Å²) in [6, 6.07) is 9.11. The van der Waals surface area contributed by atoms with Gasteiger partial charge in [0, 0.05) is 6.04 Å². The molecule has 0 radical (unpaired) electrons. The summed E-state index contributed by atoms with van der Waals surface area (Å²) in [5, 5.41) is 3.80. The van der Waals surface area contributed by atoms with E-state index in [9.17, 15) is 0 Å². The molecule has 1 aromatic rings. The monoisotopic (exact) mass is 275 g/mol. The molecule has 0 aromatic heterocycles. The first kappa shape index (κ1) is 15.4. The summed E-state index contributed by atoms with van der Waals surface area (Å²) in [6.07, 6.45) is 7.80. The first-order valence-electron chi connectivity index (χ1n) is 8.04. The van der Waals surface area contributed by atoms with E-state index in [1.807, 2.05) is 6.07 Å². The topological polar surface area (TPSA) is 21.3 Å². The van der Waals surface area contributed by atoms with Crippen molar-refractivity contribution in [3.05, 3.63) is 29.8 Å². The summed E-state index contributed by atoms with van der Waals surface area (Å²) in [6.45, 7) is 5.82. The van der Waals surface area contributed by atoms with Crippen LogP contribution in [0.25, 0.3) is 0 Å². The molecule has 1 atom stereocenters. The Morgan fingerprint density at radius 1 is 1.30 bits per heavy atom. The third-order valence-corrected chi connectivity index (χ3v) is 4.80. The maximum atomic E-state index is 5.35. The van der Waals surface area contributed by atoms with E-state index in [0.717, 1.165) is 18.7 Å². The molecule has 0 bridgehead atoms. The van der Waals surface area contributed by atoms with Crippen molar-refractivity contribution in [2.24, 2.45) is 5.41 Å². The molecular weight excluding hydrogens is 246 g/mol. The molecule has 112 valence electrons. The minimum atomic E-state index is 0.457. The van der Waals surface area contributed by atoms with Crippen molar-refractivity contribution in [1.29, 1.82) is 0 Å². The Labute approximate surface area is 123 Å². The van der Waals surface area contributed by atoms with Gasteiger partial charge < -0.3 is 10.1 Å². The van der Waals surface area contributed by atoms with E-state index in [0.29, 0.717) is 11.5 Å². The molecule has 1 aliphatic rings. The van der Waals surface area contributed by atoms with Crippen LogP contribution in [-0.2, 0) is 6.42 Å². The second-order valence-electron chi connectivity index (χ2n) is 6.42. The van der Waals surface area contributed by atoms with Crippen LogP contribution in [0.4, 0.5) is 0 Å². The summed E-state index contributed by atoms with van der Waals surface area (Å²) in [5.41, 5.74) is 1.84. The van der Waals surface area contributed by atoms with Crippen LogP contribution in [0, 0.1) is 5.41 Å². The van der Waals surface area contributed by atoms with Gasteiger partial charge in [0.15, 0.2) is 0 Å². The van der Waals surface area contributed by atoms with Crippen LogP contribution < -0.4 is 10.1 Å². The van der Waals surface area contributed by atoms with E-state index in [1.165, 1.54) is 37.7 Å². The van der Waals surface area contributed by atoms with Crippen molar-refractivity contribution in [3.8, 4) is 5.75 Å². The van der Waals surface area contributed by atoms with Gasteiger partial charge in [-0.2, -0.15) is 0 Å². The van der Waals surface area contributed by atoms with E-state index < -0.39 is 0 Å². The third kappa shape index (κ3) is 3.76. The Hall–Kier alpha value is -1.02. The quantitative estimate of drug-likeness (QED) is 0.806. The number of benzene rings is 1. The van der Waals surface area contributed by atoms with Crippen LogP contribution in [0.5, 0.6) is 5.75 Å². The van der Waals surface area contributed by atoms with Gasteiger partial charge in [-0.1, -0.05) is 38.8 Å². The summed E-state index contributed by atoms with van der Waals surface area (Å²) in [5.74, 6) is 0.966. The highest BCUT2D eigenvalue weighted by molar-refractivity contribution is 5.29.